The monoisotopic (exact) mass is 349 g/mol. The van der Waals surface area contributed by atoms with Gasteiger partial charge in [0.2, 0.25) is 5.12 Å². The maximum absolute atomic E-state index is 11.9. The van der Waals surface area contributed by atoms with E-state index in [-0.39, 0.29) is 5.69 Å². The number of pyridine rings is 1. The van der Waals surface area contributed by atoms with Gasteiger partial charge in [-0.15, -0.1) is 0 Å². The van der Waals surface area contributed by atoms with Crippen LogP contribution in [-0.2, 0) is 0 Å². The normalized spacial score (nSPS) is 10.9. The molecule has 0 aliphatic heterocycles. The van der Waals surface area contributed by atoms with E-state index in [4.69, 9.17) is 23.2 Å². The molecule has 2 aromatic heterocycles. The molecule has 7 heteroatoms. The average Bonchev–Trinajstić information content (AvgIpc) is 2.46. The molecule has 0 saturated heterocycles. The van der Waals surface area contributed by atoms with E-state index in [1.54, 1.807) is 37.4 Å². The number of aryl methyl sites for hydroxylation is 1. The summed E-state index contributed by atoms with van der Waals surface area (Å²) in [5.41, 5.74) is 1.63. The number of nitrogens with zero attached hydrogens (tertiary/aromatic N) is 3. The van der Waals surface area contributed by atoms with E-state index in [0.29, 0.717) is 38.0 Å². The minimum Gasteiger partial charge on any atom is -0.280 e. The zero-order chi connectivity index (χ0) is 15.9. The number of halogens is 2. The van der Waals surface area contributed by atoms with Crippen LogP contribution in [0.15, 0.2) is 30.5 Å². The standard InChI is InChI=1S/C15H9Cl2N3OS/c1-7-18-6-8-5-9(12-10(16)3-2-4-11(12)17)13(15(21)22)20-14(8)19-7/h2-6H,1H3,(H,21,22). The molecular weight excluding hydrogens is 341 g/mol. The topological polar surface area (TPSA) is 55.7 Å². The maximum Gasteiger partial charge on any atom is 0.235 e. The molecule has 2 heterocycles. The molecule has 0 fully saturated rings. The van der Waals surface area contributed by atoms with Crippen LogP contribution in [0, 0.1) is 6.92 Å². The van der Waals surface area contributed by atoms with Crippen LogP contribution >= 0.6 is 35.8 Å². The molecule has 0 N–H and O–H groups in total. The Morgan fingerprint density at radius 2 is 1.86 bits per heavy atom. The van der Waals surface area contributed by atoms with Crippen molar-refractivity contribution in [3.05, 3.63) is 52.0 Å². The van der Waals surface area contributed by atoms with Crippen LogP contribution in [0.25, 0.3) is 22.2 Å². The van der Waals surface area contributed by atoms with Crippen molar-refractivity contribution >= 4 is 52.0 Å². The number of rotatable bonds is 2. The molecule has 0 saturated carbocycles. The van der Waals surface area contributed by atoms with Crippen molar-refractivity contribution < 1.29 is 4.79 Å². The molecular formula is C15H9Cl2N3OS. The van der Waals surface area contributed by atoms with Crippen molar-refractivity contribution in [2.24, 2.45) is 0 Å². The largest absolute Gasteiger partial charge is 0.280 e. The summed E-state index contributed by atoms with van der Waals surface area (Å²) in [5, 5.41) is 1.06. The summed E-state index contributed by atoms with van der Waals surface area (Å²) in [7, 11) is 0. The van der Waals surface area contributed by atoms with E-state index < -0.39 is 5.12 Å². The van der Waals surface area contributed by atoms with Crippen LogP contribution in [0.1, 0.15) is 16.3 Å². The van der Waals surface area contributed by atoms with E-state index in [1.165, 1.54) is 0 Å². The Bertz CT molecular complexity index is 894. The predicted octanol–water partition coefficient (Wildman–Crippen LogP) is 4.38. The molecule has 3 aromatic rings. The Hall–Kier alpha value is -1.69. The highest BCUT2D eigenvalue weighted by Crippen LogP contribution is 2.37. The SMILES string of the molecule is Cc1ncc2cc(-c3c(Cl)cccc3Cl)c(C(=O)S)nc2n1. The van der Waals surface area contributed by atoms with Crippen molar-refractivity contribution in [1.82, 2.24) is 15.0 Å². The molecule has 0 spiro atoms. The molecule has 0 atom stereocenters. The van der Waals surface area contributed by atoms with Crippen LogP contribution in [0.4, 0.5) is 0 Å². The molecule has 0 aliphatic rings. The highest BCUT2D eigenvalue weighted by molar-refractivity contribution is 7.97. The van der Waals surface area contributed by atoms with Gasteiger partial charge in [-0.2, -0.15) is 0 Å². The smallest absolute Gasteiger partial charge is 0.235 e. The van der Waals surface area contributed by atoms with Crippen LogP contribution in [-0.4, -0.2) is 20.1 Å². The minimum atomic E-state index is -0.482. The second-order valence-corrected chi connectivity index (χ2v) is 5.84. The highest BCUT2D eigenvalue weighted by Gasteiger charge is 2.18. The number of fused-ring (bicyclic) bond motifs is 1. The summed E-state index contributed by atoms with van der Waals surface area (Å²) in [6.45, 7) is 1.75. The summed E-state index contributed by atoms with van der Waals surface area (Å²) >= 11 is 16.4. The first-order valence-electron chi connectivity index (χ1n) is 6.29. The lowest BCUT2D eigenvalue weighted by Crippen LogP contribution is -2.02. The van der Waals surface area contributed by atoms with Gasteiger partial charge in [0.15, 0.2) is 5.65 Å². The van der Waals surface area contributed by atoms with Gasteiger partial charge in [0.05, 0.1) is 0 Å². The molecule has 110 valence electrons. The third-order valence-electron chi connectivity index (χ3n) is 3.12. The van der Waals surface area contributed by atoms with E-state index in [1.807, 2.05) is 0 Å². The van der Waals surface area contributed by atoms with Crippen molar-refractivity contribution in [2.45, 2.75) is 6.92 Å². The molecule has 0 amide bonds. The van der Waals surface area contributed by atoms with Gasteiger partial charge in [-0.3, -0.25) is 4.79 Å². The van der Waals surface area contributed by atoms with Gasteiger partial charge in [-0.1, -0.05) is 41.9 Å². The predicted molar refractivity (Wildman–Crippen MR) is 90.8 cm³/mol. The number of carbonyl (C=O) groups is 1. The zero-order valence-electron chi connectivity index (χ0n) is 11.3. The first kappa shape index (κ1) is 15.2. The van der Waals surface area contributed by atoms with Crippen LogP contribution in [0.2, 0.25) is 10.0 Å². The van der Waals surface area contributed by atoms with Gasteiger partial charge in [0.25, 0.3) is 0 Å². The Morgan fingerprint density at radius 3 is 2.50 bits per heavy atom. The maximum atomic E-state index is 11.9. The lowest BCUT2D eigenvalue weighted by Gasteiger charge is -2.11. The van der Waals surface area contributed by atoms with Gasteiger partial charge in [-0.05, 0) is 25.1 Å². The van der Waals surface area contributed by atoms with Crippen molar-refractivity contribution in [3.63, 3.8) is 0 Å². The molecule has 22 heavy (non-hydrogen) atoms. The fourth-order valence-corrected chi connectivity index (χ4v) is 2.93. The van der Waals surface area contributed by atoms with Gasteiger partial charge < -0.3 is 0 Å². The third-order valence-corrected chi connectivity index (χ3v) is 3.97. The molecule has 3 rings (SSSR count). The first-order valence-corrected chi connectivity index (χ1v) is 7.50. The summed E-state index contributed by atoms with van der Waals surface area (Å²) in [4.78, 5) is 24.5. The van der Waals surface area contributed by atoms with Gasteiger partial charge in [-0.25, -0.2) is 15.0 Å². The van der Waals surface area contributed by atoms with E-state index in [2.05, 4.69) is 27.6 Å². The summed E-state index contributed by atoms with van der Waals surface area (Å²) in [6.07, 6.45) is 1.64. The second kappa shape index (κ2) is 5.83. The lowest BCUT2D eigenvalue weighted by molar-refractivity contribution is 0.108. The molecule has 0 aliphatic carbocycles. The second-order valence-electron chi connectivity index (χ2n) is 4.62. The number of benzene rings is 1. The highest BCUT2D eigenvalue weighted by atomic mass is 35.5. The third kappa shape index (κ3) is 2.67. The fourth-order valence-electron chi connectivity index (χ4n) is 2.16. The average molecular weight is 350 g/mol. The van der Waals surface area contributed by atoms with Crippen molar-refractivity contribution in [2.75, 3.05) is 0 Å². The van der Waals surface area contributed by atoms with Crippen LogP contribution in [0.3, 0.4) is 0 Å². The summed E-state index contributed by atoms with van der Waals surface area (Å²) < 4.78 is 0. The van der Waals surface area contributed by atoms with Crippen molar-refractivity contribution in [1.29, 1.82) is 0 Å². The number of hydrogen-bond donors (Lipinski definition) is 1. The molecule has 1 aromatic carbocycles. The Morgan fingerprint density at radius 1 is 1.18 bits per heavy atom. The summed E-state index contributed by atoms with van der Waals surface area (Å²) in [5.74, 6) is 0.570. The molecule has 0 unspecified atom stereocenters. The number of carbonyl (C=O) groups excluding carboxylic acids is 1. The molecule has 0 radical (unpaired) electrons. The van der Waals surface area contributed by atoms with Crippen molar-refractivity contribution in [3.8, 4) is 11.1 Å². The van der Waals surface area contributed by atoms with Gasteiger partial charge in [0.1, 0.15) is 11.5 Å². The summed E-state index contributed by atoms with van der Waals surface area (Å²) in [6, 6.07) is 6.88. The van der Waals surface area contributed by atoms with E-state index in [0.717, 1.165) is 0 Å². The zero-order valence-corrected chi connectivity index (χ0v) is 13.7. The number of hydrogen-bond acceptors (Lipinski definition) is 4. The number of thiol groups is 1. The minimum absolute atomic E-state index is 0.156. The first-order chi connectivity index (χ1) is 10.5. The molecule has 4 nitrogen and oxygen atoms in total. The Labute approximate surface area is 141 Å². The van der Waals surface area contributed by atoms with Gasteiger partial charge in [0, 0.05) is 32.8 Å². The van der Waals surface area contributed by atoms with Gasteiger partial charge >= 0.3 is 0 Å². The Kier molecular flexibility index (Phi) is 4.04. The lowest BCUT2D eigenvalue weighted by atomic mass is 10.0. The Balaban J connectivity index is 2.39. The number of aromatic nitrogens is 3. The van der Waals surface area contributed by atoms with E-state index >= 15 is 0 Å². The van der Waals surface area contributed by atoms with Crippen LogP contribution < -0.4 is 0 Å². The molecule has 0 bridgehead atoms. The van der Waals surface area contributed by atoms with E-state index in [9.17, 15) is 4.79 Å². The fraction of sp³-hybridized carbons (Fsp3) is 0.0667. The van der Waals surface area contributed by atoms with Crippen LogP contribution in [0.5, 0.6) is 0 Å². The quantitative estimate of drug-likeness (QED) is 0.697.